The Balaban J connectivity index is 1.43. The number of nitrogens with one attached hydrogen (secondary N) is 3. The number of hydrogen-bond donors (Lipinski definition) is 3. The Morgan fingerprint density at radius 1 is 1.30 bits per heavy atom. The smallest absolute Gasteiger partial charge is 0.252 e. The third-order valence-corrected chi connectivity index (χ3v) is 6.20. The number of anilines is 1. The number of carbonyl (C=O) groups is 1. The largest absolute Gasteiger partial charge is 0.381 e. The first kappa shape index (κ1) is 20.2. The Hall–Kier alpha value is -1.52. The first-order chi connectivity index (χ1) is 13.2. The van der Waals surface area contributed by atoms with Gasteiger partial charge in [-0.05, 0) is 75.1 Å². The molecule has 1 aliphatic heterocycles. The van der Waals surface area contributed by atoms with Gasteiger partial charge in [-0.3, -0.25) is 4.79 Å². The van der Waals surface area contributed by atoms with Crippen LogP contribution in [0.2, 0.25) is 5.02 Å². The van der Waals surface area contributed by atoms with Crippen molar-refractivity contribution >= 4 is 23.2 Å². The van der Waals surface area contributed by atoms with Gasteiger partial charge in [-0.15, -0.1) is 6.58 Å². The summed E-state index contributed by atoms with van der Waals surface area (Å²) in [5.74, 6) is 1.55. The second kappa shape index (κ2) is 10.1. The average Bonchev–Trinajstić information content (AvgIpc) is 3.32. The molecule has 1 aliphatic carbocycles. The van der Waals surface area contributed by atoms with E-state index in [0.29, 0.717) is 23.2 Å². The number of halogens is 1. The summed E-state index contributed by atoms with van der Waals surface area (Å²) >= 11 is 6.26. The van der Waals surface area contributed by atoms with Gasteiger partial charge in [-0.25, -0.2) is 0 Å². The summed E-state index contributed by atoms with van der Waals surface area (Å²) in [5.41, 5.74) is 1.51. The molecular weight excluding hydrogens is 358 g/mol. The van der Waals surface area contributed by atoms with Crippen molar-refractivity contribution in [2.75, 3.05) is 25.0 Å². The molecule has 1 amide bonds. The summed E-state index contributed by atoms with van der Waals surface area (Å²) in [6.07, 6.45) is 10.5. The molecular formula is C22H32ClN3O. The van der Waals surface area contributed by atoms with Crippen LogP contribution in [0, 0.1) is 11.8 Å². The monoisotopic (exact) mass is 389 g/mol. The van der Waals surface area contributed by atoms with Crippen molar-refractivity contribution in [3.05, 3.63) is 41.4 Å². The van der Waals surface area contributed by atoms with Gasteiger partial charge in [-0.1, -0.05) is 24.1 Å². The lowest BCUT2D eigenvalue weighted by atomic mass is 9.98. The molecule has 0 aromatic heterocycles. The number of hydrogen-bond acceptors (Lipinski definition) is 3. The first-order valence-corrected chi connectivity index (χ1v) is 10.7. The summed E-state index contributed by atoms with van der Waals surface area (Å²) < 4.78 is 0. The number of carbonyl (C=O) groups excluding carboxylic acids is 1. The van der Waals surface area contributed by atoms with Gasteiger partial charge < -0.3 is 16.0 Å². The quantitative estimate of drug-likeness (QED) is 0.426. The highest BCUT2D eigenvalue weighted by atomic mass is 35.5. The summed E-state index contributed by atoms with van der Waals surface area (Å²) in [7, 11) is 0. The standard InChI is InChI=1S/C22H32ClN3O/c1-2-4-16-6-7-17(13-16)5-3-11-25-22(27)20-14-18(8-9-21(20)23)26-19-10-12-24-15-19/h2,8-9,14,16-17,19,24,26H,1,3-7,10-13,15H2,(H,25,27). The second-order valence-electron chi connectivity index (χ2n) is 8.00. The fourth-order valence-electron chi connectivity index (χ4n) is 4.38. The van der Waals surface area contributed by atoms with E-state index in [2.05, 4.69) is 22.5 Å². The fourth-order valence-corrected chi connectivity index (χ4v) is 4.58. The van der Waals surface area contributed by atoms with Gasteiger partial charge in [0.1, 0.15) is 0 Å². The lowest BCUT2D eigenvalue weighted by Crippen LogP contribution is -2.26. The molecule has 3 N–H and O–H groups in total. The Bertz CT molecular complexity index is 642. The molecule has 0 bridgehead atoms. The number of allylic oxidation sites excluding steroid dienone is 1. The Kier molecular flexibility index (Phi) is 7.59. The zero-order chi connectivity index (χ0) is 19.1. The summed E-state index contributed by atoms with van der Waals surface area (Å²) in [4.78, 5) is 12.5. The van der Waals surface area contributed by atoms with Gasteiger partial charge in [0.25, 0.3) is 5.91 Å². The Morgan fingerprint density at radius 3 is 2.93 bits per heavy atom. The maximum atomic E-state index is 12.5. The van der Waals surface area contributed by atoms with Crippen molar-refractivity contribution in [1.82, 2.24) is 10.6 Å². The van der Waals surface area contributed by atoms with Crippen LogP contribution in [0.25, 0.3) is 0 Å². The molecule has 1 heterocycles. The first-order valence-electron chi connectivity index (χ1n) is 10.3. The third-order valence-electron chi connectivity index (χ3n) is 5.87. The van der Waals surface area contributed by atoms with Gasteiger partial charge in [0.05, 0.1) is 10.6 Å². The minimum absolute atomic E-state index is 0.0795. The van der Waals surface area contributed by atoms with Crippen molar-refractivity contribution in [3.8, 4) is 0 Å². The maximum Gasteiger partial charge on any atom is 0.252 e. The number of benzene rings is 1. The van der Waals surface area contributed by atoms with Crippen LogP contribution in [-0.2, 0) is 0 Å². The minimum atomic E-state index is -0.0795. The molecule has 148 valence electrons. The Morgan fingerprint density at radius 2 is 2.15 bits per heavy atom. The van der Waals surface area contributed by atoms with Crippen LogP contribution < -0.4 is 16.0 Å². The molecule has 0 spiro atoms. The predicted octanol–water partition coefficient (Wildman–Crippen LogP) is 4.62. The number of amides is 1. The zero-order valence-electron chi connectivity index (χ0n) is 16.1. The highest BCUT2D eigenvalue weighted by Gasteiger charge is 2.23. The van der Waals surface area contributed by atoms with E-state index in [1.807, 2.05) is 18.2 Å². The average molecular weight is 390 g/mol. The molecule has 4 nitrogen and oxygen atoms in total. The molecule has 2 aliphatic rings. The van der Waals surface area contributed by atoms with Gasteiger partial charge >= 0.3 is 0 Å². The zero-order valence-corrected chi connectivity index (χ0v) is 16.9. The lowest BCUT2D eigenvalue weighted by molar-refractivity contribution is 0.0952. The van der Waals surface area contributed by atoms with Gasteiger partial charge in [0.2, 0.25) is 0 Å². The molecule has 3 unspecified atom stereocenters. The SMILES string of the molecule is C=CCC1CCC(CCCNC(=O)c2cc(NC3CCNC3)ccc2Cl)C1. The molecule has 3 atom stereocenters. The normalized spacial score (nSPS) is 24.7. The number of rotatable bonds is 9. The van der Waals surface area contributed by atoms with Crippen LogP contribution in [0.15, 0.2) is 30.9 Å². The summed E-state index contributed by atoms with van der Waals surface area (Å²) in [6.45, 7) is 6.55. The topological polar surface area (TPSA) is 53.2 Å². The molecule has 0 radical (unpaired) electrons. The lowest BCUT2D eigenvalue weighted by Gasteiger charge is -2.15. The van der Waals surface area contributed by atoms with E-state index in [1.54, 1.807) is 6.07 Å². The summed E-state index contributed by atoms with van der Waals surface area (Å²) in [6, 6.07) is 6.03. The Labute approximate surface area is 168 Å². The highest BCUT2D eigenvalue weighted by molar-refractivity contribution is 6.34. The van der Waals surface area contributed by atoms with Crippen LogP contribution in [0.5, 0.6) is 0 Å². The van der Waals surface area contributed by atoms with Gasteiger partial charge in [0, 0.05) is 24.8 Å². The van der Waals surface area contributed by atoms with Crippen LogP contribution in [0.4, 0.5) is 5.69 Å². The second-order valence-corrected chi connectivity index (χ2v) is 8.40. The molecule has 1 saturated carbocycles. The van der Waals surface area contributed by atoms with Crippen LogP contribution in [0.3, 0.4) is 0 Å². The predicted molar refractivity (Wildman–Crippen MR) is 114 cm³/mol. The van der Waals surface area contributed by atoms with Gasteiger partial charge in [0.15, 0.2) is 0 Å². The molecule has 27 heavy (non-hydrogen) atoms. The third kappa shape index (κ3) is 5.98. The molecule has 3 rings (SSSR count). The van der Waals surface area contributed by atoms with E-state index >= 15 is 0 Å². The van der Waals surface area contributed by atoms with Crippen molar-refractivity contribution in [1.29, 1.82) is 0 Å². The highest BCUT2D eigenvalue weighted by Crippen LogP contribution is 2.35. The van der Waals surface area contributed by atoms with E-state index in [4.69, 9.17) is 11.6 Å². The van der Waals surface area contributed by atoms with Crippen molar-refractivity contribution in [3.63, 3.8) is 0 Å². The van der Waals surface area contributed by atoms with E-state index in [0.717, 1.165) is 49.9 Å². The molecule has 5 heteroatoms. The van der Waals surface area contributed by atoms with Crippen molar-refractivity contribution in [2.24, 2.45) is 11.8 Å². The van der Waals surface area contributed by atoms with E-state index in [-0.39, 0.29) is 5.91 Å². The minimum Gasteiger partial charge on any atom is -0.381 e. The molecule has 1 aromatic carbocycles. The van der Waals surface area contributed by atoms with Crippen LogP contribution in [0.1, 0.15) is 55.3 Å². The van der Waals surface area contributed by atoms with E-state index < -0.39 is 0 Å². The van der Waals surface area contributed by atoms with E-state index in [1.165, 1.54) is 25.7 Å². The molecule has 1 saturated heterocycles. The van der Waals surface area contributed by atoms with Crippen LogP contribution >= 0.6 is 11.6 Å². The van der Waals surface area contributed by atoms with Gasteiger partial charge in [-0.2, -0.15) is 0 Å². The maximum absolute atomic E-state index is 12.5. The van der Waals surface area contributed by atoms with E-state index in [9.17, 15) is 4.79 Å². The molecule has 2 fully saturated rings. The molecule has 1 aromatic rings. The van der Waals surface area contributed by atoms with Crippen molar-refractivity contribution < 1.29 is 4.79 Å². The van der Waals surface area contributed by atoms with Crippen molar-refractivity contribution in [2.45, 2.75) is 51.0 Å². The summed E-state index contributed by atoms with van der Waals surface area (Å²) in [5, 5.41) is 10.4. The van der Waals surface area contributed by atoms with Crippen LogP contribution in [-0.4, -0.2) is 31.6 Å². The fraction of sp³-hybridized carbons (Fsp3) is 0.591.